The van der Waals surface area contributed by atoms with Crippen LogP contribution in [0.3, 0.4) is 0 Å². The van der Waals surface area contributed by atoms with Gasteiger partial charge in [-0.25, -0.2) is 8.42 Å². The van der Waals surface area contributed by atoms with Crippen LogP contribution in [0.25, 0.3) is 5.65 Å². The van der Waals surface area contributed by atoms with Crippen molar-refractivity contribution < 1.29 is 13.2 Å². The predicted molar refractivity (Wildman–Crippen MR) is 106 cm³/mol. The summed E-state index contributed by atoms with van der Waals surface area (Å²) in [6.45, 7) is 10.9. The molecular weight excluding hydrogens is 386 g/mol. The van der Waals surface area contributed by atoms with Gasteiger partial charge in [0.1, 0.15) is 0 Å². The van der Waals surface area contributed by atoms with Gasteiger partial charge in [-0.2, -0.15) is 4.31 Å². The first-order valence-electron chi connectivity index (χ1n) is 9.00. The fourth-order valence-electron chi connectivity index (χ4n) is 2.46. The summed E-state index contributed by atoms with van der Waals surface area (Å²) in [5.41, 5.74) is 0.533. The smallest absolute Gasteiger partial charge is 0.244 e. The normalized spacial score (nSPS) is 13.4. The third-order valence-corrected chi connectivity index (χ3v) is 7.11. The number of nitrogens with zero attached hydrogens (tertiary/aromatic N) is 4. The molecule has 0 bridgehead atoms. The maximum Gasteiger partial charge on any atom is 0.244 e. The van der Waals surface area contributed by atoms with E-state index in [0.717, 1.165) is 0 Å². The lowest BCUT2D eigenvalue weighted by atomic mass is 10.2. The van der Waals surface area contributed by atoms with Gasteiger partial charge in [0.2, 0.25) is 15.9 Å². The second-order valence-corrected chi connectivity index (χ2v) is 9.81. The van der Waals surface area contributed by atoms with Crippen LogP contribution in [-0.4, -0.2) is 58.1 Å². The van der Waals surface area contributed by atoms with Gasteiger partial charge in [-0.15, -0.1) is 10.2 Å². The molecule has 1 N–H and O–H groups in total. The number of carbonyl (C=O) groups excluding carboxylic acids is 1. The van der Waals surface area contributed by atoms with E-state index in [2.05, 4.69) is 15.5 Å². The Morgan fingerprint density at radius 2 is 1.89 bits per heavy atom. The lowest BCUT2D eigenvalue weighted by Crippen LogP contribution is -2.33. The first kappa shape index (κ1) is 21.6. The van der Waals surface area contributed by atoms with E-state index < -0.39 is 10.0 Å². The summed E-state index contributed by atoms with van der Waals surface area (Å²) in [5.74, 6) is 0.283. The maximum atomic E-state index is 12.8. The fraction of sp³-hybridized carbons (Fsp3) is 0.588. The van der Waals surface area contributed by atoms with Crippen LogP contribution < -0.4 is 5.32 Å². The zero-order chi connectivity index (χ0) is 20.2. The number of aromatic nitrogens is 3. The molecule has 10 heteroatoms. The Balaban J connectivity index is 2.28. The van der Waals surface area contributed by atoms with Crippen LogP contribution in [0.1, 0.15) is 34.6 Å². The molecule has 27 heavy (non-hydrogen) atoms. The van der Waals surface area contributed by atoms with Crippen LogP contribution in [-0.2, 0) is 14.8 Å². The minimum absolute atomic E-state index is 0.0858. The quantitative estimate of drug-likeness (QED) is 0.632. The average Bonchev–Trinajstić information content (AvgIpc) is 3.02. The van der Waals surface area contributed by atoms with Crippen molar-refractivity contribution in [1.29, 1.82) is 0 Å². The van der Waals surface area contributed by atoms with E-state index in [0.29, 0.717) is 36.4 Å². The minimum atomic E-state index is -3.58. The van der Waals surface area contributed by atoms with Crippen molar-refractivity contribution in [2.45, 2.75) is 49.9 Å². The second-order valence-electron chi connectivity index (χ2n) is 6.56. The van der Waals surface area contributed by atoms with Crippen LogP contribution in [0.4, 0.5) is 0 Å². The molecule has 1 unspecified atom stereocenters. The third kappa shape index (κ3) is 4.99. The molecule has 2 rings (SSSR count). The van der Waals surface area contributed by atoms with Crippen LogP contribution in [0.5, 0.6) is 0 Å². The van der Waals surface area contributed by atoms with Crippen LogP contribution >= 0.6 is 11.8 Å². The molecule has 0 aliphatic rings. The molecular formula is C17H27N5O3S2. The summed E-state index contributed by atoms with van der Waals surface area (Å²) in [4.78, 5) is 12.4. The predicted octanol–water partition coefficient (Wildman–Crippen LogP) is 2.01. The summed E-state index contributed by atoms with van der Waals surface area (Å²) >= 11 is 1.25. The lowest BCUT2D eigenvalue weighted by Gasteiger charge is -2.18. The van der Waals surface area contributed by atoms with Crippen molar-refractivity contribution in [3.05, 3.63) is 18.3 Å². The molecule has 8 nitrogen and oxygen atoms in total. The number of pyridine rings is 1. The number of amides is 1. The molecule has 0 aliphatic heterocycles. The van der Waals surface area contributed by atoms with E-state index >= 15 is 0 Å². The summed E-state index contributed by atoms with van der Waals surface area (Å²) in [7, 11) is -3.58. The van der Waals surface area contributed by atoms with E-state index in [1.54, 1.807) is 31.2 Å². The Hall–Kier alpha value is -1.65. The zero-order valence-corrected chi connectivity index (χ0v) is 18.0. The topological polar surface area (TPSA) is 96.7 Å². The Labute approximate surface area is 164 Å². The molecule has 0 radical (unpaired) electrons. The molecule has 2 aromatic rings. The first-order valence-corrected chi connectivity index (χ1v) is 11.3. The van der Waals surface area contributed by atoms with Gasteiger partial charge in [-0.05, 0) is 25.0 Å². The number of nitrogens with one attached hydrogen (secondary N) is 1. The molecule has 0 saturated heterocycles. The Kier molecular flexibility index (Phi) is 7.24. The van der Waals surface area contributed by atoms with Crippen molar-refractivity contribution in [2.24, 2.45) is 5.92 Å². The number of rotatable bonds is 9. The van der Waals surface area contributed by atoms with Crippen molar-refractivity contribution >= 4 is 33.3 Å². The van der Waals surface area contributed by atoms with Gasteiger partial charge in [-0.3, -0.25) is 9.20 Å². The highest BCUT2D eigenvalue weighted by Crippen LogP contribution is 2.24. The SMILES string of the molecule is CCN(CC)S(=O)(=O)c1ccc2nnc(SC(C)C(=O)NCC(C)C)n2c1. The summed E-state index contributed by atoms with van der Waals surface area (Å²) < 4.78 is 28.5. The first-order chi connectivity index (χ1) is 12.7. The van der Waals surface area contributed by atoms with Gasteiger partial charge in [0.05, 0.1) is 10.1 Å². The fourth-order valence-corrected chi connectivity index (χ4v) is 4.77. The Morgan fingerprint density at radius 1 is 1.22 bits per heavy atom. The molecule has 2 heterocycles. The molecule has 0 aromatic carbocycles. The van der Waals surface area contributed by atoms with E-state index in [-0.39, 0.29) is 16.1 Å². The van der Waals surface area contributed by atoms with Gasteiger partial charge >= 0.3 is 0 Å². The van der Waals surface area contributed by atoms with Crippen molar-refractivity contribution in [2.75, 3.05) is 19.6 Å². The molecule has 2 aromatic heterocycles. The van der Waals surface area contributed by atoms with Gasteiger partial charge < -0.3 is 5.32 Å². The largest absolute Gasteiger partial charge is 0.355 e. The highest BCUT2D eigenvalue weighted by atomic mass is 32.2. The second kappa shape index (κ2) is 9.03. The van der Waals surface area contributed by atoms with E-state index in [1.165, 1.54) is 28.3 Å². The lowest BCUT2D eigenvalue weighted by molar-refractivity contribution is -0.120. The Bertz CT molecular complexity index is 891. The number of hydrogen-bond donors (Lipinski definition) is 1. The molecule has 0 fully saturated rings. The summed E-state index contributed by atoms with van der Waals surface area (Å²) in [5, 5.41) is 11.2. The van der Waals surface area contributed by atoms with E-state index in [9.17, 15) is 13.2 Å². The standard InChI is InChI=1S/C17H27N5O3S2/c1-6-21(7-2)27(24,25)14-8-9-15-19-20-17(22(15)11-14)26-13(5)16(23)18-10-12(3)4/h8-9,11-13H,6-7,10H2,1-5H3,(H,18,23). The van der Waals surface area contributed by atoms with Crippen LogP contribution in [0, 0.1) is 5.92 Å². The zero-order valence-electron chi connectivity index (χ0n) is 16.3. The molecule has 0 spiro atoms. The number of carbonyl (C=O) groups is 1. The number of hydrogen-bond acceptors (Lipinski definition) is 6. The molecule has 1 amide bonds. The molecule has 0 saturated carbocycles. The van der Waals surface area contributed by atoms with E-state index in [1.807, 2.05) is 13.8 Å². The highest BCUT2D eigenvalue weighted by Gasteiger charge is 2.24. The average molecular weight is 414 g/mol. The molecule has 0 aliphatic carbocycles. The van der Waals surface area contributed by atoms with Crippen molar-refractivity contribution in [1.82, 2.24) is 24.2 Å². The monoisotopic (exact) mass is 413 g/mol. The van der Waals surface area contributed by atoms with Crippen LogP contribution in [0.2, 0.25) is 0 Å². The van der Waals surface area contributed by atoms with E-state index in [4.69, 9.17) is 0 Å². The maximum absolute atomic E-state index is 12.8. The van der Waals surface area contributed by atoms with Crippen LogP contribution in [0.15, 0.2) is 28.4 Å². The molecule has 150 valence electrons. The van der Waals surface area contributed by atoms with Gasteiger partial charge in [0.25, 0.3) is 0 Å². The van der Waals surface area contributed by atoms with Crippen molar-refractivity contribution in [3.63, 3.8) is 0 Å². The Morgan fingerprint density at radius 3 is 2.48 bits per heavy atom. The van der Waals surface area contributed by atoms with Gasteiger partial charge in [0, 0.05) is 25.8 Å². The van der Waals surface area contributed by atoms with Gasteiger partial charge in [-0.1, -0.05) is 39.5 Å². The third-order valence-electron chi connectivity index (χ3n) is 4.02. The van der Waals surface area contributed by atoms with Gasteiger partial charge in [0.15, 0.2) is 10.8 Å². The van der Waals surface area contributed by atoms with Crippen molar-refractivity contribution in [3.8, 4) is 0 Å². The number of fused-ring (bicyclic) bond motifs is 1. The highest BCUT2D eigenvalue weighted by molar-refractivity contribution is 8.00. The number of sulfonamides is 1. The summed E-state index contributed by atoms with van der Waals surface area (Å²) in [6.07, 6.45) is 1.52. The minimum Gasteiger partial charge on any atom is -0.355 e. The number of thioether (sulfide) groups is 1. The molecule has 1 atom stereocenters. The summed E-state index contributed by atoms with van der Waals surface area (Å²) in [6, 6.07) is 3.15.